The molecule has 3 fully saturated rings. The number of hydrogen-bond donors (Lipinski definition) is 2. The first-order valence-electron chi connectivity index (χ1n) is 6.99. The Morgan fingerprint density at radius 2 is 1.78 bits per heavy atom. The first-order chi connectivity index (χ1) is 8.85. The van der Waals surface area contributed by atoms with Gasteiger partial charge >= 0.3 is 0 Å². The van der Waals surface area contributed by atoms with E-state index in [0.717, 1.165) is 18.0 Å². The molecule has 0 amide bonds. The van der Waals surface area contributed by atoms with Gasteiger partial charge in [0.1, 0.15) is 0 Å². The van der Waals surface area contributed by atoms with Crippen LogP contribution in [0.3, 0.4) is 0 Å². The van der Waals surface area contributed by atoms with Crippen molar-refractivity contribution in [3.05, 3.63) is 35.4 Å². The molecule has 18 heavy (non-hydrogen) atoms. The van der Waals surface area contributed by atoms with E-state index in [-0.39, 0.29) is 6.61 Å². The highest BCUT2D eigenvalue weighted by molar-refractivity contribution is 5.21. The summed E-state index contributed by atoms with van der Waals surface area (Å²) in [6.45, 7) is 4.90. The summed E-state index contributed by atoms with van der Waals surface area (Å²) in [5, 5.41) is 12.7. The Balaban J connectivity index is 1.54. The number of benzene rings is 1. The fraction of sp³-hybridized carbons (Fsp3) is 0.600. The third-order valence-corrected chi connectivity index (χ3v) is 4.43. The number of piperidine rings is 3. The second-order valence-electron chi connectivity index (χ2n) is 5.60. The normalized spacial score (nSPS) is 30.6. The van der Waals surface area contributed by atoms with Crippen molar-refractivity contribution < 1.29 is 5.11 Å². The van der Waals surface area contributed by atoms with Crippen LogP contribution in [0.1, 0.15) is 24.0 Å². The molecule has 0 aromatic heterocycles. The minimum absolute atomic E-state index is 0.132. The molecule has 3 aliphatic rings. The van der Waals surface area contributed by atoms with E-state index in [1.807, 2.05) is 12.1 Å². The van der Waals surface area contributed by atoms with Gasteiger partial charge < -0.3 is 15.3 Å². The zero-order valence-corrected chi connectivity index (χ0v) is 10.8. The smallest absolute Gasteiger partial charge is 0.0681 e. The Hall–Kier alpha value is -0.900. The van der Waals surface area contributed by atoms with Gasteiger partial charge in [-0.1, -0.05) is 24.3 Å². The summed E-state index contributed by atoms with van der Waals surface area (Å²) in [6.07, 6.45) is 2.72. The summed E-state index contributed by atoms with van der Waals surface area (Å²) < 4.78 is 0. The number of fused-ring (bicyclic) bond motifs is 3. The number of hydrogen-bond acceptors (Lipinski definition) is 3. The molecule has 1 aromatic carbocycles. The molecule has 1 atom stereocenters. The summed E-state index contributed by atoms with van der Waals surface area (Å²) in [6, 6.07) is 8.91. The number of aliphatic hydroxyl groups is 1. The molecule has 0 aliphatic carbocycles. The predicted molar refractivity (Wildman–Crippen MR) is 72.2 cm³/mol. The Kier molecular flexibility index (Phi) is 3.64. The van der Waals surface area contributed by atoms with Gasteiger partial charge in [-0.25, -0.2) is 0 Å². The van der Waals surface area contributed by atoms with E-state index in [1.54, 1.807) is 0 Å². The molecule has 1 unspecified atom stereocenters. The van der Waals surface area contributed by atoms with E-state index in [4.69, 9.17) is 5.11 Å². The third-order valence-electron chi connectivity index (χ3n) is 4.43. The summed E-state index contributed by atoms with van der Waals surface area (Å²) in [7, 11) is 0. The molecule has 0 saturated carbocycles. The van der Waals surface area contributed by atoms with Crippen LogP contribution >= 0.6 is 0 Å². The zero-order valence-electron chi connectivity index (χ0n) is 10.8. The Morgan fingerprint density at radius 1 is 1.11 bits per heavy atom. The largest absolute Gasteiger partial charge is 0.392 e. The van der Waals surface area contributed by atoms with Gasteiger partial charge in [0.2, 0.25) is 0 Å². The highest BCUT2D eigenvalue weighted by Gasteiger charge is 2.33. The topological polar surface area (TPSA) is 35.5 Å². The van der Waals surface area contributed by atoms with Crippen molar-refractivity contribution >= 4 is 0 Å². The van der Waals surface area contributed by atoms with Crippen molar-refractivity contribution in [3.8, 4) is 0 Å². The maximum absolute atomic E-state index is 9.01. The van der Waals surface area contributed by atoms with Gasteiger partial charge in [-0.05, 0) is 43.0 Å². The molecule has 3 saturated heterocycles. The summed E-state index contributed by atoms with van der Waals surface area (Å²) in [5.41, 5.74) is 2.30. The highest BCUT2D eigenvalue weighted by Crippen LogP contribution is 2.27. The number of aliphatic hydroxyl groups excluding tert-OH is 1. The third kappa shape index (κ3) is 2.58. The van der Waals surface area contributed by atoms with E-state index in [0.29, 0.717) is 6.04 Å². The second-order valence-corrected chi connectivity index (χ2v) is 5.60. The molecular weight excluding hydrogens is 224 g/mol. The molecular formula is C15H22N2O. The lowest BCUT2D eigenvalue weighted by Gasteiger charge is -2.45. The minimum Gasteiger partial charge on any atom is -0.392 e. The standard InChI is InChI=1S/C15H22N2O/c18-11-13-3-1-12(2-4-13)9-16-15-10-17-7-5-14(15)6-8-17/h1-4,14-16,18H,5-11H2. The maximum Gasteiger partial charge on any atom is 0.0681 e. The van der Waals surface area contributed by atoms with E-state index in [2.05, 4.69) is 22.3 Å². The molecule has 1 aromatic rings. The van der Waals surface area contributed by atoms with E-state index in [9.17, 15) is 0 Å². The quantitative estimate of drug-likeness (QED) is 0.842. The number of rotatable bonds is 4. The van der Waals surface area contributed by atoms with Crippen LogP contribution in [0.15, 0.2) is 24.3 Å². The molecule has 3 heterocycles. The lowest BCUT2D eigenvalue weighted by molar-refractivity contribution is 0.0720. The van der Waals surface area contributed by atoms with Crippen molar-refractivity contribution in [1.82, 2.24) is 10.2 Å². The molecule has 98 valence electrons. The molecule has 0 spiro atoms. The minimum atomic E-state index is 0.132. The van der Waals surface area contributed by atoms with Gasteiger partial charge in [-0.3, -0.25) is 0 Å². The summed E-state index contributed by atoms with van der Waals surface area (Å²) in [5.74, 6) is 0.881. The van der Waals surface area contributed by atoms with Crippen molar-refractivity contribution in [2.75, 3.05) is 19.6 Å². The van der Waals surface area contributed by atoms with Crippen molar-refractivity contribution in [3.63, 3.8) is 0 Å². The van der Waals surface area contributed by atoms with Crippen LogP contribution in [0.4, 0.5) is 0 Å². The van der Waals surface area contributed by atoms with Crippen molar-refractivity contribution in [2.45, 2.75) is 32.0 Å². The van der Waals surface area contributed by atoms with Crippen LogP contribution < -0.4 is 5.32 Å². The average Bonchev–Trinajstić information content (AvgIpc) is 2.47. The first kappa shape index (κ1) is 12.2. The molecule has 2 N–H and O–H groups in total. The van der Waals surface area contributed by atoms with Gasteiger partial charge in [0, 0.05) is 19.1 Å². The molecule has 0 radical (unpaired) electrons. The second kappa shape index (κ2) is 5.39. The van der Waals surface area contributed by atoms with Gasteiger partial charge in [0.25, 0.3) is 0 Å². The molecule has 3 heteroatoms. The summed E-state index contributed by atoms with van der Waals surface area (Å²) >= 11 is 0. The zero-order chi connectivity index (χ0) is 12.4. The van der Waals surface area contributed by atoms with Crippen LogP contribution in [0.5, 0.6) is 0 Å². The van der Waals surface area contributed by atoms with Gasteiger partial charge in [-0.15, -0.1) is 0 Å². The van der Waals surface area contributed by atoms with Crippen LogP contribution in [0.25, 0.3) is 0 Å². The van der Waals surface area contributed by atoms with E-state index >= 15 is 0 Å². The predicted octanol–water partition coefficient (Wildman–Crippen LogP) is 1.36. The molecule has 3 aliphatic heterocycles. The lowest BCUT2D eigenvalue weighted by atomic mass is 9.84. The fourth-order valence-electron chi connectivity index (χ4n) is 3.21. The number of nitrogens with one attached hydrogen (secondary N) is 1. The van der Waals surface area contributed by atoms with Crippen LogP contribution in [-0.2, 0) is 13.2 Å². The Labute approximate surface area is 109 Å². The lowest BCUT2D eigenvalue weighted by Crippen LogP contribution is -2.55. The average molecular weight is 246 g/mol. The van der Waals surface area contributed by atoms with Gasteiger partial charge in [-0.2, -0.15) is 0 Å². The van der Waals surface area contributed by atoms with Crippen LogP contribution in [-0.4, -0.2) is 35.7 Å². The van der Waals surface area contributed by atoms with Gasteiger partial charge in [0.15, 0.2) is 0 Å². The molecule has 4 rings (SSSR count). The Morgan fingerprint density at radius 3 is 2.33 bits per heavy atom. The van der Waals surface area contributed by atoms with E-state index in [1.165, 1.54) is 38.0 Å². The van der Waals surface area contributed by atoms with Crippen molar-refractivity contribution in [2.24, 2.45) is 5.92 Å². The molecule has 3 nitrogen and oxygen atoms in total. The number of nitrogens with zero attached hydrogens (tertiary/aromatic N) is 1. The first-order valence-corrected chi connectivity index (χ1v) is 6.99. The van der Waals surface area contributed by atoms with E-state index < -0.39 is 0 Å². The van der Waals surface area contributed by atoms with Crippen LogP contribution in [0.2, 0.25) is 0 Å². The SMILES string of the molecule is OCc1ccc(CNC2CN3CCC2CC3)cc1. The monoisotopic (exact) mass is 246 g/mol. The van der Waals surface area contributed by atoms with Gasteiger partial charge in [0.05, 0.1) is 6.61 Å². The van der Waals surface area contributed by atoms with Crippen molar-refractivity contribution in [1.29, 1.82) is 0 Å². The maximum atomic E-state index is 9.01. The fourth-order valence-corrected chi connectivity index (χ4v) is 3.21. The Bertz CT molecular complexity index is 382. The summed E-state index contributed by atoms with van der Waals surface area (Å²) in [4.78, 5) is 2.58. The van der Waals surface area contributed by atoms with Crippen LogP contribution in [0, 0.1) is 5.92 Å². The molecule has 2 bridgehead atoms. The highest BCUT2D eigenvalue weighted by atomic mass is 16.3.